The fraction of sp³-hybridized carbons (Fsp3) is 0.250. The van der Waals surface area contributed by atoms with Crippen LogP contribution in [0.15, 0.2) is 36.4 Å². The van der Waals surface area contributed by atoms with E-state index in [1.165, 1.54) is 0 Å². The Hall–Kier alpha value is -1.58. The first kappa shape index (κ1) is 15.8. The summed E-state index contributed by atoms with van der Waals surface area (Å²) in [5, 5.41) is 7.98. The molecule has 5 heteroatoms. The highest BCUT2D eigenvalue weighted by Gasteiger charge is 2.01. The summed E-state index contributed by atoms with van der Waals surface area (Å²) in [5.74, 6) is 0.676. The van der Waals surface area contributed by atoms with Gasteiger partial charge in [-0.25, -0.2) is 0 Å². The molecule has 3 nitrogen and oxygen atoms in total. The Morgan fingerprint density at radius 3 is 2.00 bits per heavy atom. The van der Waals surface area contributed by atoms with Crippen LogP contribution in [0.4, 0.5) is 11.4 Å². The highest BCUT2D eigenvalue weighted by molar-refractivity contribution is 6.32. The molecule has 0 aliphatic heterocycles. The second-order valence-electron chi connectivity index (χ2n) is 4.67. The molecule has 0 unspecified atom stereocenters. The molecule has 21 heavy (non-hydrogen) atoms. The molecule has 0 fully saturated rings. The number of nitrogens with one attached hydrogen (secondary N) is 2. The largest absolute Gasteiger partial charge is 0.495 e. The van der Waals surface area contributed by atoms with Crippen molar-refractivity contribution in [1.82, 2.24) is 0 Å². The van der Waals surface area contributed by atoms with Crippen molar-refractivity contribution in [2.24, 2.45) is 0 Å². The first-order chi connectivity index (χ1) is 10.1. The summed E-state index contributed by atoms with van der Waals surface area (Å²) in [6, 6.07) is 11.6. The van der Waals surface area contributed by atoms with E-state index in [4.69, 9.17) is 27.9 Å². The maximum atomic E-state index is 6.09. The van der Waals surface area contributed by atoms with Gasteiger partial charge in [-0.3, -0.25) is 0 Å². The van der Waals surface area contributed by atoms with E-state index in [0.29, 0.717) is 10.8 Å². The molecule has 0 aliphatic carbocycles. The van der Waals surface area contributed by atoms with E-state index in [9.17, 15) is 0 Å². The Kier molecular flexibility index (Phi) is 5.59. The molecular formula is C16H18Cl2N2O. The van der Waals surface area contributed by atoms with Gasteiger partial charge in [-0.2, -0.15) is 0 Å². The van der Waals surface area contributed by atoms with Crippen molar-refractivity contribution in [3.63, 3.8) is 0 Å². The van der Waals surface area contributed by atoms with Crippen molar-refractivity contribution in [2.75, 3.05) is 30.8 Å². The lowest BCUT2D eigenvalue weighted by atomic mass is 10.2. The molecule has 2 rings (SSSR count). The molecule has 112 valence electrons. The lowest BCUT2D eigenvalue weighted by Crippen LogP contribution is -2.13. The highest BCUT2D eigenvalue weighted by atomic mass is 35.5. The zero-order valence-corrected chi connectivity index (χ0v) is 13.6. The van der Waals surface area contributed by atoms with Crippen LogP contribution in [0, 0.1) is 6.92 Å². The molecule has 0 heterocycles. The average Bonchev–Trinajstić information content (AvgIpc) is 2.47. The van der Waals surface area contributed by atoms with Crippen molar-refractivity contribution < 1.29 is 4.74 Å². The standard InChI is InChI=1S/C16H18Cl2N2O/c1-11-3-4-12(9-14(11)17)19-7-8-20-13-5-6-16(21-2)15(18)10-13/h3-6,9-10,19-20H,7-8H2,1-2H3. The molecule has 2 N–H and O–H groups in total. The summed E-state index contributed by atoms with van der Waals surface area (Å²) in [6.45, 7) is 3.54. The molecule has 2 aromatic rings. The summed E-state index contributed by atoms with van der Waals surface area (Å²) in [5.41, 5.74) is 3.05. The van der Waals surface area contributed by atoms with Crippen LogP contribution in [0.1, 0.15) is 5.56 Å². The maximum Gasteiger partial charge on any atom is 0.137 e. The first-order valence-corrected chi connectivity index (χ1v) is 7.43. The number of rotatable bonds is 6. The van der Waals surface area contributed by atoms with E-state index in [2.05, 4.69) is 10.6 Å². The molecule has 0 aromatic heterocycles. The van der Waals surface area contributed by atoms with Crippen molar-refractivity contribution in [1.29, 1.82) is 0 Å². The third-order valence-corrected chi connectivity index (χ3v) is 3.81. The normalized spacial score (nSPS) is 10.3. The number of anilines is 2. The third kappa shape index (κ3) is 4.45. The van der Waals surface area contributed by atoms with Gasteiger partial charge in [-0.15, -0.1) is 0 Å². The fourth-order valence-electron chi connectivity index (χ4n) is 1.89. The van der Waals surface area contributed by atoms with Crippen molar-refractivity contribution in [2.45, 2.75) is 6.92 Å². The van der Waals surface area contributed by atoms with Gasteiger partial charge in [0.1, 0.15) is 5.75 Å². The van der Waals surface area contributed by atoms with E-state index in [-0.39, 0.29) is 0 Å². The van der Waals surface area contributed by atoms with E-state index < -0.39 is 0 Å². The molecule has 0 saturated carbocycles. The molecule has 0 spiro atoms. The average molecular weight is 325 g/mol. The topological polar surface area (TPSA) is 33.3 Å². The number of ether oxygens (including phenoxy) is 1. The van der Waals surface area contributed by atoms with Crippen molar-refractivity contribution >= 4 is 34.6 Å². The van der Waals surface area contributed by atoms with Gasteiger partial charge < -0.3 is 15.4 Å². The van der Waals surface area contributed by atoms with Gasteiger partial charge in [0.25, 0.3) is 0 Å². The lowest BCUT2D eigenvalue weighted by molar-refractivity contribution is 0.415. The number of hydrogen-bond acceptors (Lipinski definition) is 3. The Bertz CT molecular complexity index is 617. The van der Waals surface area contributed by atoms with E-state index in [1.54, 1.807) is 7.11 Å². The van der Waals surface area contributed by atoms with Gasteiger partial charge >= 0.3 is 0 Å². The minimum Gasteiger partial charge on any atom is -0.495 e. The lowest BCUT2D eigenvalue weighted by Gasteiger charge is -2.11. The molecule has 0 amide bonds. The molecule has 0 saturated heterocycles. The summed E-state index contributed by atoms with van der Waals surface area (Å²) in [6.07, 6.45) is 0. The van der Waals surface area contributed by atoms with E-state index in [1.807, 2.05) is 43.3 Å². The molecule has 0 atom stereocenters. The molecule has 2 aromatic carbocycles. The minimum absolute atomic E-state index is 0.598. The predicted octanol–water partition coefficient (Wildman–Crippen LogP) is 4.83. The van der Waals surface area contributed by atoms with E-state index in [0.717, 1.165) is 35.1 Å². The van der Waals surface area contributed by atoms with Crippen molar-refractivity contribution in [3.8, 4) is 5.75 Å². The Morgan fingerprint density at radius 1 is 0.905 bits per heavy atom. The Labute approximate surface area is 135 Å². The summed E-state index contributed by atoms with van der Waals surface area (Å²) < 4.78 is 5.12. The number of methoxy groups -OCH3 is 1. The molecule has 0 aliphatic rings. The summed E-state index contributed by atoms with van der Waals surface area (Å²) in [4.78, 5) is 0. The third-order valence-electron chi connectivity index (χ3n) is 3.11. The number of halogens is 2. The van der Waals surface area contributed by atoms with Crippen LogP contribution in [-0.2, 0) is 0 Å². The number of hydrogen-bond donors (Lipinski definition) is 2. The number of aryl methyl sites for hydroxylation is 1. The van der Waals surface area contributed by atoms with Gasteiger partial charge in [-0.1, -0.05) is 29.3 Å². The first-order valence-electron chi connectivity index (χ1n) is 6.67. The molecular weight excluding hydrogens is 307 g/mol. The van der Waals surface area contributed by atoms with Gasteiger partial charge in [0.2, 0.25) is 0 Å². The SMILES string of the molecule is COc1ccc(NCCNc2ccc(C)c(Cl)c2)cc1Cl. The second kappa shape index (κ2) is 7.43. The minimum atomic E-state index is 0.598. The quantitative estimate of drug-likeness (QED) is 0.746. The van der Waals surface area contributed by atoms with E-state index >= 15 is 0 Å². The molecule has 0 radical (unpaired) electrons. The highest BCUT2D eigenvalue weighted by Crippen LogP contribution is 2.27. The van der Waals surface area contributed by atoms with Crippen LogP contribution in [0.3, 0.4) is 0 Å². The van der Waals surface area contributed by atoms with Gasteiger partial charge in [-0.05, 0) is 42.8 Å². The summed E-state index contributed by atoms with van der Waals surface area (Å²) in [7, 11) is 1.60. The smallest absolute Gasteiger partial charge is 0.137 e. The Morgan fingerprint density at radius 2 is 1.48 bits per heavy atom. The zero-order valence-electron chi connectivity index (χ0n) is 12.0. The number of benzene rings is 2. The van der Waals surface area contributed by atoms with Crippen LogP contribution in [-0.4, -0.2) is 20.2 Å². The van der Waals surface area contributed by atoms with Crippen LogP contribution in [0.2, 0.25) is 10.0 Å². The fourth-order valence-corrected chi connectivity index (χ4v) is 2.33. The second-order valence-corrected chi connectivity index (χ2v) is 5.48. The predicted molar refractivity (Wildman–Crippen MR) is 91.2 cm³/mol. The van der Waals surface area contributed by atoms with Crippen LogP contribution in [0.25, 0.3) is 0 Å². The van der Waals surface area contributed by atoms with Gasteiger partial charge in [0, 0.05) is 29.5 Å². The van der Waals surface area contributed by atoms with Crippen LogP contribution in [0.5, 0.6) is 5.75 Å². The maximum absolute atomic E-state index is 6.09. The van der Waals surface area contributed by atoms with Crippen LogP contribution < -0.4 is 15.4 Å². The zero-order chi connectivity index (χ0) is 15.2. The van der Waals surface area contributed by atoms with Gasteiger partial charge in [0.15, 0.2) is 0 Å². The van der Waals surface area contributed by atoms with Crippen molar-refractivity contribution in [3.05, 3.63) is 52.0 Å². The monoisotopic (exact) mass is 324 g/mol. The van der Waals surface area contributed by atoms with Crippen LogP contribution >= 0.6 is 23.2 Å². The Balaban J connectivity index is 1.81. The van der Waals surface area contributed by atoms with Gasteiger partial charge in [0.05, 0.1) is 12.1 Å². The summed E-state index contributed by atoms with van der Waals surface area (Å²) >= 11 is 12.2. The molecule has 0 bridgehead atoms.